The van der Waals surface area contributed by atoms with Crippen LogP contribution >= 0.6 is 23.2 Å². The predicted molar refractivity (Wildman–Crippen MR) is 171 cm³/mol. The van der Waals surface area contributed by atoms with Crippen LogP contribution in [-0.4, -0.2) is 50.5 Å². The molecule has 0 saturated heterocycles. The highest BCUT2D eigenvalue weighted by Gasteiger charge is 2.31. The van der Waals surface area contributed by atoms with Gasteiger partial charge in [0.05, 0.1) is 11.9 Å². The zero-order chi connectivity index (χ0) is 30.7. The van der Waals surface area contributed by atoms with Gasteiger partial charge >= 0.3 is 0 Å². The van der Waals surface area contributed by atoms with E-state index in [1.807, 2.05) is 56.3 Å². The lowest BCUT2D eigenvalue weighted by Crippen LogP contribution is -2.50. The number of anilines is 1. The first-order chi connectivity index (χ1) is 20.0. The van der Waals surface area contributed by atoms with Crippen molar-refractivity contribution in [1.82, 2.24) is 10.2 Å². The maximum atomic E-state index is 13.9. The van der Waals surface area contributed by atoms with Crippen molar-refractivity contribution < 1.29 is 18.0 Å². The van der Waals surface area contributed by atoms with Crippen molar-refractivity contribution in [2.24, 2.45) is 0 Å². The molecule has 0 aliphatic rings. The first kappa shape index (κ1) is 33.4. The molecule has 2 amide bonds. The van der Waals surface area contributed by atoms with Gasteiger partial charge in [-0.25, -0.2) is 8.42 Å². The molecule has 0 fully saturated rings. The Morgan fingerprint density at radius 2 is 1.55 bits per heavy atom. The van der Waals surface area contributed by atoms with Crippen LogP contribution in [0.25, 0.3) is 0 Å². The molecule has 3 aromatic carbocycles. The summed E-state index contributed by atoms with van der Waals surface area (Å²) in [5, 5.41) is 3.78. The number of carbonyl (C=O) groups excluding carboxylic acids is 2. The molecule has 0 aliphatic heterocycles. The molecular weight excluding hydrogens is 593 g/mol. The second kappa shape index (κ2) is 16.0. The molecule has 1 atom stereocenters. The number of hydrogen-bond donors (Lipinski definition) is 1. The third kappa shape index (κ3) is 9.75. The van der Waals surface area contributed by atoms with Gasteiger partial charge in [0.2, 0.25) is 21.8 Å². The number of amides is 2. The molecule has 0 saturated carbocycles. The van der Waals surface area contributed by atoms with Gasteiger partial charge in [0.15, 0.2) is 0 Å². The molecule has 0 spiro atoms. The molecule has 10 heteroatoms. The second-order valence-corrected chi connectivity index (χ2v) is 13.1. The Balaban J connectivity index is 1.91. The van der Waals surface area contributed by atoms with Crippen LogP contribution in [0, 0.1) is 6.92 Å². The van der Waals surface area contributed by atoms with E-state index in [1.165, 1.54) is 9.21 Å². The molecule has 0 radical (unpaired) electrons. The molecular formula is C32H39Cl2N3O4S. The van der Waals surface area contributed by atoms with Gasteiger partial charge in [-0.05, 0) is 49.6 Å². The molecule has 0 bridgehead atoms. The number of aryl methyl sites for hydroxylation is 1. The molecule has 0 aliphatic carbocycles. The third-order valence-corrected chi connectivity index (χ3v) is 8.87. The number of sulfonamides is 1. The average molecular weight is 633 g/mol. The summed E-state index contributed by atoms with van der Waals surface area (Å²) in [5.74, 6) is -0.559. The summed E-state index contributed by atoms with van der Waals surface area (Å²) in [7, 11) is -3.58. The van der Waals surface area contributed by atoms with E-state index in [1.54, 1.807) is 30.3 Å². The maximum absolute atomic E-state index is 13.9. The predicted octanol–water partition coefficient (Wildman–Crippen LogP) is 6.40. The molecule has 0 aromatic heterocycles. The minimum absolute atomic E-state index is 0.0213. The van der Waals surface area contributed by atoms with E-state index in [-0.39, 0.29) is 37.7 Å². The van der Waals surface area contributed by atoms with Gasteiger partial charge in [0, 0.05) is 48.1 Å². The quantitative estimate of drug-likeness (QED) is 0.197. The standard InChI is InChI=1S/C32H39Cl2N3O4S/c1-4-5-20-35-32(39)30(22-25-11-7-6-8-12-25)36(23-27-28(33)13-9-14-29(27)34)31(38)15-10-21-37(42(3,40)41)26-18-16-24(2)17-19-26/h6-9,11-14,16-19,30H,4-5,10,15,20-23H2,1-3H3,(H,35,39). The largest absolute Gasteiger partial charge is 0.354 e. The van der Waals surface area contributed by atoms with Gasteiger partial charge in [-0.15, -0.1) is 0 Å². The van der Waals surface area contributed by atoms with Crippen molar-refractivity contribution >= 4 is 50.7 Å². The Morgan fingerprint density at radius 3 is 2.14 bits per heavy atom. The lowest BCUT2D eigenvalue weighted by atomic mass is 10.0. The fourth-order valence-electron chi connectivity index (χ4n) is 4.63. The Labute approximate surface area is 259 Å². The molecule has 3 rings (SSSR count). The Kier molecular flexibility index (Phi) is 12.7. The first-order valence-electron chi connectivity index (χ1n) is 14.1. The topological polar surface area (TPSA) is 86.8 Å². The fraction of sp³-hybridized carbons (Fsp3) is 0.375. The van der Waals surface area contributed by atoms with Crippen LogP contribution in [0.15, 0.2) is 72.8 Å². The smallest absolute Gasteiger partial charge is 0.243 e. The average Bonchev–Trinajstić information content (AvgIpc) is 2.95. The van der Waals surface area contributed by atoms with Gasteiger partial charge in [0.25, 0.3) is 0 Å². The van der Waals surface area contributed by atoms with Gasteiger partial charge in [-0.1, -0.05) is 90.6 Å². The van der Waals surface area contributed by atoms with Crippen LogP contribution in [0.5, 0.6) is 0 Å². The summed E-state index contributed by atoms with van der Waals surface area (Å²) >= 11 is 13.0. The Bertz CT molecular complexity index is 1410. The van der Waals surface area contributed by atoms with E-state index >= 15 is 0 Å². The van der Waals surface area contributed by atoms with Crippen molar-refractivity contribution in [2.45, 2.75) is 58.5 Å². The van der Waals surface area contributed by atoms with Gasteiger partial charge in [-0.2, -0.15) is 0 Å². The number of unbranched alkanes of at least 4 members (excludes halogenated alkanes) is 1. The third-order valence-electron chi connectivity index (χ3n) is 6.96. The van der Waals surface area contributed by atoms with Crippen LogP contribution in [0.2, 0.25) is 10.0 Å². The number of halogens is 2. The number of carbonyl (C=O) groups is 2. The van der Waals surface area contributed by atoms with Crippen LogP contribution < -0.4 is 9.62 Å². The second-order valence-electron chi connectivity index (χ2n) is 10.3. The van der Waals surface area contributed by atoms with E-state index in [9.17, 15) is 18.0 Å². The highest BCUT2D eigenvalue weighted by Crippen LogP contribution is 2.28. The fourth-order valence-corrected chi connectivity index (χ4v) is 6.11. The van der Waals surface area contributed by atoms with Crippen LogP contribution in [-0.2, 0) is 32.6 Å². The molecule has 1 N–H and O–H groups in total. The van der Waals surface area contributed by atoms with Crippen molar-refractivity contribution in [3.8, 4) is 0 Å². The number of benzene rings is 3. The summed E-state index contributed by atoms with van der Waals surface area (Å²) < 4.78 is 26.5. The van der Waals surface area contributed by atoms with Crippen LogP contribution in [0.4, 0.5) is 5.69 Å². The summed E-state index contributed by atoms with van der Waals surface area (Å²) in [5.41, 5.74) is 3.00. The van der Waals surface area contributed by atoms with Gasteiger partial charge in [0.1, 0.15) is 6.04 Å². The molecule has 3 aromatic rings. The van der Waals surface area contributed by atoms with E-state index in [0.29, 0.717) is 34.3 Å². The molecule has 226 valence electrons. The van der Waals surface area contributed by atoms with Crippen molar-refractivity contribution in [3.63, 3.8) is 0 Å². The van der Waals surface area contributed by atoms with E-state index < -0.39 is 16.1 Å². The number of nitrogens with zero attached hydrogens (tertiary/aromatic N) is 2. The molecule has 7 nitrogen and oxygen atoms in total. The minimum Gasteiger partial charge on any atom is -0.354 e. The van der Waals surface area contributed by atoms with Gasteiger partial charge < -0.3 is 10.2 Å². The van der Waals surface area contributed by atoms with E-state index in [0.717, 1.165) is 30.2 Å². The maximum Gasteiger partial charge on any atom is 0.243 e. The Hall–Kier alpha value is -3.07. The number of rotatable bonds is 15. The number of nitrogens with one attached hydrogen (secondary N) is 1. The Morgan fingerprint density at radius 1 is 0.905 bits per heavy atom. The van der Waals surface area contributed by atoms with Crippen molar-refractivity contribution in [3.05, 3.63) is 99.5 Å². The normalized spacial score (nSPS) is 12.0. The van der Waals surface area contributed by atoms with Crippen molar-refractivity contribution in [1.29, 1.82) is 0 Å². The summed E-state index contributed by atoms with van der Waals surface area (Å²) in [6.07, 6.45) is 3.45. The van der Waals surface area contributed by atoms with Crippen LogP contribution in [0.3, 0.4) is 0 Å². The zero-order valence-electron chi connectivity index (χ0n) is 24.4. The zero-order valence-corrected chi connectivity index (χ0v) is 26.7. The van der Waals surface area contributed by atoms with E-state index in [4.69, 9.17) is 23.2 Å². The van der Waals surface area contributed by atoms with Crippen LogP contribution in [0.1, 0.15) is 49.3 Å². The summed E-state index contributed by atoms with van der Waals surface area (Å²) in [6, 6.07) is 21.0. The lowest BCUT2D eigenvalue weighted by molar-refractivity contribution is -0.141. The summed E-state index contributed by atoms with van der Waals surface area (Å²) in [6.45, 7) is 4.61. The minimum atomic E-state index is -3.58. The first-order valence-corrected chi connectivity index (χ1v) is 16.7. The lowest BCUT2D eigenvalue weighted by Gasteiger charge is -2.32. The molecule has 42 heavy (non-hydrogen) atoms. The summed E-state index contributed by atoms with van der Waals surface area (Å²) in [4.78, 5) is 29.1. The van der Waals surface area contributed by atoms with Crippen molar-refractivity contribution in [2.75, 3.05) is 23.7 Å². The monoisotopic (exact) mass is 631 g/mol. The molecule has 1 unspecified atom stereocenters. The molecule has 0 heterocycles. The highest BCUT2D eigenvalue weighted by molar-refractivity contribution is 7.92. The highest BCUT2D eigenvalue weighted by atomic mass is 35.5. The SMILES string of the molecule is CCCCNC(=O)C(Cc1ccccc1)N(Cc1c(Cl)cccc1Cl)C(=O)CCCN(c1ccc(C)cc1)S(C)(=O)=O. The van der Waals surface area contributed by atoms with E-state index in [2.05, 4.69) is 5.32 Å². The number of hydrogen-bond acceptors (Lipinski definition) is 4. The van der Waals surface area contributed by atoms with Gasteiger partial charge in [-0.3, -0.25) is 13.9 Å².